The van der Waals surface area contributed by atoms with Crippen LogP contribution in [0.15, 0.2) is 48.9 Å². The van der Waals surface area contributed by atoms with Gasteiger partial charge in [0.05, 0.1) is 7.11 Å². The maximum Gasteiger partial charge on any atom is 0.387 e. The normalized spacial score (nSPS) is 10.8. The molecule has 1 aromatic carbocycles. The minimum absolute atomic E-state index is 0.0762. The third-order valence-corrected chi connectivity index (χ3v) is 3.36. The fraction of sp³-hybridized carbons (Fsp3) is 0.188. The number of nitrogens with zero attached hydrogens (tertiary/aromatic N) is 4. The van der Waals surface area contributed by atoms with Crippen LogP contribution >= 0.6 is 0 Å². The molecule has 2 aromatic heterocycles. The van der Waals surface area contributed by atoms with Gasteiger partial charge in [0.1, 0.15) is 6.67 Å². The van der Waals surface area contributed by atoms with Crippen molar-refractivity contribution in [1.82, 2.24) is 19.6 Å². The van der Waals surface area contributed by atoms with E-state index in [0.717, 1.165) is 0 Å². The van der Waals surface area contributed by atoms with Crippen molar-refractivity contribution in [2.24, 2.45) is 0 Å². The van der Waals surface area contributed by atoms with Crippen molar-refractivity contribution in [2.45, 2.75) is 13.3 Å². The Morgan fingerprint density at radius 1 is 1.23 bits per heavy atom. The number of rotatable bonds is 7. The number of benzene rings is 1. The highest BCUT2D eigenvalue weighted by molar-refractivity contribution is 6.02. The van der Waals surface area contributed by atoms with E-state index in [9.17, 15) is 13.6 Å². The van der Waals surface area contributed by atoms with Crippen molar-refractivity contribution in [3.8, 4) is 11.5 Å². The highest BCUT2D eigenvalue weighted by Gasteiger charge is 2.14. The summed E-state index contributed by atoms with van der Waals surface area (Å²) in [7, 11) is 1.32. The van der Waals surface area contributed by atoms with E-state index in [1.165, 1.54) is 25.3 Å². The van der Waals surface area contributed by atoms with Gasteiger partial charge in [0.15, 0.2) is 17.2 Å². The van der Waals surface area contributed by atoms with E-state index in [1.54, 1.807) is 40.1 Å². The lowest BCUT2D eigenvalue weighted by molar-refractivity contribution is -0.0512. The highest BCUT2D eigenvalue weighted by atomic mass is 19.3. The number of alkyl halides is 2. The third-order valence-electron chi connectivity index (χ3n) is 3.36. The fourth-order valence-electron chi connectivity index (χ4n) is 2.23. The van der Waals surface area contributed by atoms with Crippen molar-refractivity contribution < 1.29 is 23.0 Å². The zero-order chi connectivity index (χ0) is 18.5. The van der Waals surface area contributed by atoms with Gasteiger partial charge in [0, 0.05) is 30.3 Å². The Morgan fingerprint density at radius 3 is 2.77 bits per heavy atom. The van der Waals surface area contributed by atoms with E-state index in [-0.39, 0.29) is 17.2 Å². The molecule has 0 aliphatic carbocycles. The molecule has 3 aromatic rings. The summed E-state index contributed by atoms with van der Waals surface area (Å²) in [6.45, 7) is -2.60. The van der Waals surface area contributed by atoms with Crippen molar-refractivity contribution >= 4 is 11.6 Å². The monoisotopic (exact) mass is 363 g/mol. The zero-order valence-electron chi connectivity index (χ0n) is 13.7. The molecular formula is C16H15F2N5O3. The molecule has 0 saturated heterocycles. The van der Waals surface area contributed by atoms with E-state index in [0.29, 0.717) is 12.4 Å². The maximum absolute atomic E-state index is 12.3. The summed E-state index contributed by atoms with van der Waals surface area (Å²) >= 11 is 0. The Bertz CT molecular complexity index is 880. The Balaban J connectivity index is 1.68. The van der Waals surface area contributed by atoms with Crippen LogP contribution in [-0.4, -0.2) is 39.2 Å². The maximum atomic E-state index is 12.3. The predicted octanol–water partition coefficient (Wildman–Crippen LogP) is 2.45. The summed E-state index contributed by atoms with van der Waals surface area (Å²) in [5.74, 6) is -0.495. The second-order valence-electron chi connectivity index (χ2n) is 5.13. The molecule has 0 fully saturated rings. The molecule has 1 amide bonds. The van der Waals surface area contributed by atoms with Crippen LogP contribution in [0.4, 0.5) is 14.5 Å². The van der Waals surface area contributed by atoms with Crippen LogP contribution in [0.3, 0.4) is 0 Å². The van der Waals surface area contributed by atoms with Crippen LogP contribution in [0, 0.1) is 0 Å². The van der Waals surface area contributed by atoms with Crippen molar-refractivity contribution in [3.63, 3.8) is 0 Å². The Hall–Kier alpha value is -3.43. The first-order valence-corrected chi connectivity index (χ1v) is 7.50. The first-order chi connectivity index (χ1) is 12.5. The predicted molar refractivity (Wildman–Crippen MR) is 87.4 cm³/mol. The Morgan fingerprint density at radius 2 is 2.08 bits per heavy atom. The molecular weight excluding hydrogens is 348 g/mol. The van der Waals surface area contributed by atoms with Gasteiger partial charge in [0.2, 0.25) is 0 Å². The SMILES string of the molecule is COc1cc(NC(=O)c2ccn(Cn3cccn3)n2)ccc1OC(F)F. The van der Waals surface area contributed by atoms with Gasteiger partial charge in [-0.3, -0.25) is 14.2 Å². The van der Waals surface area contributed by atoms with Crippen LogP contribution in [-0.2, 0) is 6.67 Å². The Kier molecular flexibility index (Phi) is 5.11. The molecule has 10 heteroatoms. The molecule has 2 heterocycles. The summed E-state index contributed by atoms with van der Waals surface area (Å²) in [5, 5.41) is 10.9. The molecule has 0 saturated carbocycles. The number of hydrogen-bond donors (Lipinski definition) is 1. The topological polar surface area (TPSA) is 83.2 Å². The summed E-state index contributed by atoms with van der Waals surface area (Å²) in [6.07, 6.45) is 5.07. The lowest BCUT2D eigenvalue weighted by Crippen LogP contribution is -2.15. The van der Waals surface area contributed by atoms with E-state index in [4.69, 9.17) is 4.74 Å². The average Bonchev–Trinajstić information content (AvgIpc) is 3.28. The number of amides is 1. The van der Waals surface area contributed by atoms with E-state index in [2.05, 4.69) is 20.3 Å². The summed E-state index contributed by atoms with van der Waals surface area (Å²) in [5.41, 5.74) is 0.555. The lowest BCUT2D eigenvalue weighted by Gasteiger charge is -2.11. The van der Waals surface area contributed by atoms with Crippen molar-refractivity contribution in [2.75, 3.05) is 12.4 Å². The number of aromatic nitrogens is 4. The van der Waals surface area contributed by atoms with E-state index < -0.39 is 12.5 Å². The van der Waals surface area contributed by atoms with Crippen LogP contribution in [0.1, 0.15) is 10.5 Å². The minimum Gasteiger partial charge on any atom is -0.493 e. The number of methoxy groups -OCH3 is 1. The van der Waals surface area contributed by atoms with Gasteiger partial charge in [-0.15, -0.1) is 0 Å². The highest BCUT2D eigenvalue weighted by Crippen LogP contribution is 2.31. The molecule has 136 valence electrons. The summed E-state index contributed by atoms with van der Waals surface area (Å²) < 4.78 is 37.2. The second kappa shape index (κ2) is 7.64. The van der Waals surface area contributed by atoms with E-state index >= 15 is 0 Å². The van der Waals surface area contributed by atoms with Gasteiger partial charge in [-0.2, -0.15) is 19.0 Å². The number of carbonyl (C=O) groups excluding carboxylic acids is 1. The molecule has 0 spiro atoms. The molecule has 0 radical (unpaired) electrons. The average molecular weight is 363 g/mol. The van der Waals surface area contributed by atoms with Crippen molar-refractivity contribution in [3.05, 3.63) is 54.6 Å². The number of anilines is 1. The first-order valence-electron chi connectivity index (χ1n) is 7.50. The van der Waals surface area contributed by atoms with Crippen LogP contribution in [0.2, 0.25) is 0 Å². The smallest absolute Gasteiger partial charge is 0.387 e. The van der Waals surface area contributed by atoms with Gasteiger partial charge in [-0.25, -0.2) is 0 Å². The quantitative estimate of drug-likeness (QED) is 0.697. The summed E-state index contributed by atoms with van der Waals surface area (Å²) in [6, 6.07) is 7.45. The molecule has 0 bridgehead atoms. The number of carbonyl (C=O) groups is 1. The molecule has 0 unspecified atom stereocenters. The number of halogens is 2. The minimum atomic E-state index is -2.97. The molecule has 0 aliphatic heterocycles. The van der Waals surface area contributed by atoms with Gasteiger partial charge in [-0.05, 0) is 24.3 Å². The fourth-order valence-corrected chi connectivity index (χ4v) is 2.23. The van der Waals surface area contributed by atoms with Gasteiger partial charge in [0.25, 0.3) is 5.91 Å². The molecule has 26 heavy (non-hydrogen) atoms. The zero-order valence-corrected chi connectivity index (χ0v) is 13.7. The number of hydrogen-bond acceptors (Lipinski definition) is 5. The largest absolute Gasteiger partial charge is 0.493 e. The molecule has 8 nitrogen and oxygen atoms in total. The van der Waals surface area contributed by atoms with Gasteiger partial charge >= 0.3 is 6.61 Å². The van der Waals surface area contributed by atoms with Gasteiger partial charge < -0.3 is 14.8 Å². The second-order valence-corrected chi connectivity index (χ2v) is 5.13. The summed E-state index contributed by atoms with van der Waals surface area (Å²) in [4.78, 5) is 12.3. The van der Waals surface area contributed by atoms with E-state index in [1.807, 2.05) is 0 Å². The number of ether oxygens (including phenoxy) is 2. The van der Waals surface area contributed by atoms with Gasteiger partial charge in [-0.1, -0.05) is 0 Å². The molecule has 3 rings (SSSR count). The Labute approximate surface area is 146 Å². The van der Waals surface area contributed by atoms with Crippen LogP contribution in [0.5, 0.6) is 11.5 Å². The lowest BCUT2D eigenvalue weighted by atomic mass is 10.2. The molecule has 0 atom stereocenters. The van der Waals surface area contributed by atoms with Crippen molar-refractivity contribution in [1.29, 1.82) is 0 Å². The standard InChI is InChI=1S/C16H15F2N5O3/c1-25-14-9-11(3-4-13(14)26-16(17)18)20-15(24)12-5-8-23(21-12)10-22-7-2-6-19-22/h2-9,16H,10H2,1H3,(H,20,24). The first kappa shape index (κ1) is 17.4. The van der Waals surface area contributed by atoms with Crippen LogP contribution < -0.4 is 14.8 Å². The third kappa shape index (κ3) is 4.15. The van der Waals surface area contributed by atoms with Crippen LogP contribution in [0.25, 0.3) is 0 Å². The molecule has 1 N–H and O–H groups in total. The number of nitrogens with one attached hydrogen (secondary N) is 1. The molecule has 0 aliphatic rings.